The van der Waals surface area contributed by atoms with E-state index in [-0.39, 0.29) is 11.7 Å². The van der Waals surface area contributed by atoms with Crippen LogP contribution >= 0.6 is 0 Å². The quantitative estimate of drug-likeness (QED) is 0.818. The number of rotatable bonds is 6. The molecule has 3 nitrogen and oxygen atoms in total. The van der Waals surface area contributed by atoms with E-state index >= 15 is 0 Å². The molecule has 3 N–H and O–H groups in total. The monoisotopic (exact) mass is 252 g/mol. The number of amides is 1. The third kappa shape index (κ3) is 4.84. The molecule has 1 unspecified atom stereocenters. The minimum absolute atomic E-state index is 0.0549. The molecular formula is C14H21FN2O. The molecule has 0 aliphatic rings. The molecule has 1 atom stereocenters. The van der Waals surface area contributed by atoms with E-state index in [1.165, 1.54) is 12.1 Å². The van der Waals surface area contributed by atoms with Crippen molar-refractivity contribution in [3.8, 4) is 0 Å². The number of nitrogens with two attached hydrogens (primary N) is 1. The van der Waals surface area contributed by atoms with Crippen molar-refractivity contribution in [2.24, 2.45) is 17.6 Å². The number of hydrogen-bond donors (Lipinski definition) is 2. The molecule has 0 aromatic heterocycles. The van der Waals surface area contributed by atoms with Gasteiger partial charge in [-0.15, -0.1) is 0 Å². The average molecular weight is 252 g/mol. The van der Waals surface area contributed by atoms with Gasteiger partial charge in [0.2, 0.25) is 5.91 Å². The predicted molar refractivity (Wildman–Crippen MR) is 71.6 cm³/mol. The predicted octanol–water partition coefficient (Wildman–Crippen LogP) is 2.78. The lowest BCUT2D eigenvalue weighted by molar-refractivity contribution is -0.116. The smallest absolute Gasteiger partial charge is 0.224 e. The lowest BCUT2D eigenvalue weighted by atomic mass is 9.91. The van der Waals surface area contributed by atoms with E-state index in [1.54, 1.807) is 12.1 Å². The fraction of sp³-hybridized carbons (Fsp3) is 0.500. The van der Waals surface area contributed by atoms with Crippen LogP contribution in [0.5, 0.6) is 0 Å². The molecule has 0 fully saturated rings. The fourth-order valence-corrected chi connectivity index (χ4v) is 1.80. The van der Waals surface area contributed by atoms with Crippen LogP contribution < -0.4 is 11.1 Å². The number of carbonyl (C=O) groups excluding carboxylic acids is 1. The Bertz CT molecular complexity index is 376. The number of anilines is 1. The second-order valence-electron chi connectivity index (χ2n) is 4.83. The van der Waals surface area contributed by atoms with Crippen LogP contribution in [0.25, 0.3) is 0 Å². The highest BCUT2D eigenvalue weighted by Gasteiger charge is 2.13. The zero-order chi connectivity index (χ0) is 13.5. The van der Waals surface area contributed by atoms with Gasteiger partial charge >= 0.3 is 0 Å². The summed E-state index contributed by atoms with van der Waals surface area (Å²) < 4.78 is 12.7. The highest BCUT2D eigenvalue weighted by molar-refractivity contribution is 5.90. The van der Waals surface area contributed by atoms with E-state index in [0.29, 0.717) is 30.5 Å². The van der Waals surface area contributed by atoms with Crippen LogP contribution in [-0.4, -0.2) is 12.5 Å². The Kier molecular flexibility index (Phi) is 5.78. The molecule has 0 heterocycles. The van der Waals surface area contributed by atoms with E-state index < -0.39 is 0 Å². The molecule has 1 aromatic carbocycles. The van der Waals surface area contributed by atoms with E-state index in [0.717, 1.165) is 6.42 Å². The minimum Gasteiger partial charge on any atom is -0.330 e. The van der Waals surface area contributed by atoms with E-state index in [9.17, 15) is 9.18 Å². The molecule has 1 rings (SSSR count). The van der Waals surface area contributed by atoms with Gasteiger partial charge in [-0.25, -0.2) is 4.39 Å². The lowest BCUT2D eigenvalue weighted by Crippen LogP contribution is -2.22. The maximum absolute atomic E-state index is 12.7. The standard InChI is InChI=1S/C14H21FN2O/c1-10(2)11(9-16)3-8-14(18)17-13-6-4-12(15)5-7-13/h4-7,10-11H,3,8-9,16H2,1-2H3,(H,17,18). The van der Waals surface area contributed by atoms with Gasteiger partial charge in [0.15, 0.2) is 0 Å². The Morgan fingerprint density at radius 2 is 1.94 bits per heavy atom. The number of carbonyl (C=O) groups is 1. The first-order chi connectivity index (χ1) is 8.52. The van der Waals surface area contributed by atoms with Gasteiger partial charge in [0.1, 0.15) is 5.82 Å². The number of halogens is 1. The van der Waals surface area contributed by atoms with Crippen LogP contribution in [0, 0.1) is 17.7 Å². The Balaban J connectivity index is 2.40. The Morgan fingerprint density at radius 1 is 1.33 bits per heavy atom. The Labute approximate surface area is 108 Å². The maximum Gasteiger partial charge on any atom is 0.224 e. The molecule has 0 aliphatic heterocycles. The largest absolute Gasteiger partial charge is 0.330 e. The molecule has 1 aromatic rings. The Morgan fingerprint density at radius 3 is 2.44 bits per heavy atom. The van der Waals surface area contributed by atoms with Crippen molar-refractivity contribution < 1.29 is 9.18 Å². The summed E-state index contributed by atoms with van der Waals surface area (Å²) in [5.74, 6) is 0.481. The highest BCUT2D eigenvalue weighted by Crippen LogP contribution is 2.16. The second-order valence-corrected chi connectivity index (χ2v) is 4.83. The molecule has 100 valence electrons. The molecular weight excluding hydrogens is 231 g/mol. The summed E-state index contributed by atoms with van der Waals surface area (Å²) in [6.07, 6.45) is 1.22. The van der Waals surface area contributed by atoms with Gasteiger partial charge in [-0.3, -0.25) is 4.79 Å². The summed E-state index contributed by atoms with van der Waals surface area (Å²) in [4.78, 5) is 11.7. The minimum atomic E-state index is -0.309. The van der Waals surface area contributed by atoms with Gasteiger partial charge < -0.3 is 11.1 Å². The van der Waals surface area contributed by atoms with Gasteiger partial charge in [-0.05, 0) is 49.1 Å². The first-order valence-electron chi connectivity index (χ1n) is 6.28. The van der Waals surface area contributed by atoms with Gasteiger partial charge in [-0.2, -0.15) is 0 Å². The zero-order valence-electron chi connectivity index (χ0n) is 10.9. The summed E-state index contributed by atoms with van der Waals surface area (Å²) in [5, 5.41) is 2.74. The van der Waals surface area contributed by atoms with Crippen LogP contribution in [0.4, 0.5) is 10.1 Å². The summed E-state index contributed by atoms with van der Waals surface area (Å²) >= 11 is 0. The fourth-order valence-electron chi connectivity index (χ4n) is 1.80. The highest BCUT2D eigenvalue weighted by atomic mass is 19.1. The van der Waals surface area contributed by atoms with Crippen LogP contribution in [0.15, 0.2) is 24.3 Å². The molecule has 0 spiro atoms. The number of hydrogen-bond acceptors (Lipinski definition) is 2. The summed E-state index contributed by atoms with van der Waals surface area (Å²) in [7, 11) is 0. The van der Waals surface area contributed by atoms with Crippen molar-refractivity contribution in [1.29, 1.82) is 0 Å². The third-order valence-corrected chi connectivity index (χ3v) is 3.12. The van der Waals surface area contributed by atoms with Gasteiger partial charge in [0.05, 0.1) is 0 Å². The molecule has 0 radical (unpaired) electrons. The molecule has 0 aliphatic carbocycles. The van der Waals surface area contributed by atoms with Crippen LogP contribution in [0.1, 0.15) is 26.7 Å². The van der Waals surface area contributed by atoms with Gasteiger partial charge in [0.25, 0.3) is 0 Å². The lowest BCUT2D eigenvalue weighted by Gasteiger charge is -2.18. The van der Waals surface area contributed by atoms with E-state index in [4.69, 9.17) is 5.73 Å². The van der Waals surface area contributed by atoms with Crippen molar-refractivity contribution in [1.82, 2.24) is 0 Å². The summed E-state index contributed by atoms with van der Waals surface area (Å²) in [6.45, 7) is 4.81. The van der Waals surface area contributed by atoms with Crippen molar-refractivity contribution in [3.05, 3.63) is 30.1 Å². The van der Waals surface area contributed by atoms with Crippen LogP contribution in [0.2, 0.25) is 0 Å². The van der Waals surface area contributed by atoms with Gasteiger partial charge in [0, 0.05) is 12.1 Å². The second kappa shape index (κ2) is 7.11. The van der Waals surface area contributed by atoms with Crippen molar-refractivity contribution in [3.63, 3.8) is 0 Å². The van der Waals surface area contributed by atoms with Crippen molar-refractivity contribution >= 4 is 11.6 Å². The van der Waals surface area contributed by atoms with Crippen molar-refractivity contribution in [2.75, 3.05) is 11.9 Å². The molecule has 18 heavy (non-hydrogen) atoms. The van der Waals surface area contributed by atoms with Crippen LogP contribution in [0.3, 0.4) is 0 Å². The third-order valence-electron chi connectivity index (χ3n) is 3.12. The van der Waals surface area contributed by atoms with E-state index in [1.807, 2.05) is 0 Å². The molecule has 4 heteroatoms. The molecule has 0 saturated heterocycles. The molecule has 0 bridgehead atoms. The molecule has 1 amide bonds. The van der Waals surface area contributed by atoms with Gasteiger partial charge in [-0.1, -0.05) is 13.8 Å². The Hall–Kier alpha value is -1.42. The zero-order valence-corrected chi connectivity index (χ0v) is 10.9. The maximum atomic E-state index is 12.7. The number of benzene rings is 1. The topological polar surface area (TPSA) is 55.1 Å². The average Bonchev–Trinajstić information content (AvgIpc) is 2.32. The number of nitrogens with one attached hydrogen (secondary N) is 1. The first-order valence-corrected chi connectivity index (χ1v) is 6.28. The summed E-state index contributed by atoms with van der Waals surface area (Å²) in [6, 6.07) is 5.75. The van der Waals surface area contributed by atoms with E-state index in [2.05, 4.69) is 19.2 Å². The molecule has 0 saturated carbocycles. The normalized spacial score (nSPS) is 12.5. The summed E-state index contributed by atoms with van der Waals surface area (Å²) in [5.41, 5.74) is 6.28. The van der Waals surface area contributed by atoms with Crippen LogP contribution in [-0.2, 0) is 4.79 Å². The SMILES string of the molecule is CC(C)C(CN)CCC(=O)Nc1ccc(F)cc1. The first kappa shape index (κ1) is 14.6. The van der Waals surface area contributed by atoms with Crippen molar-refractivity contribution in [2.45, 2.75) is 26.7 Å².